The first-order chi connectivity index (χ1) is 35.9. The lowest BCUT2D eigenvalue weighted by atomic mass is 9.80. The number of ether oxygens (including phenoxy) is 7. The predicted octanol–water partition coefficient (Wildman–Crippen LogP) is 9.03. The van der Waals surface area contributed by atoms with Crippen LogP contribution >= 0.6 is 22.9 Å². The number of allylic oxidation sites excluding steroid dienone is 4. The number of aliphatic carboxylic acids is 1. The van der Waals surface area contributed by atoms with E-state index in [0.29, 0.717) is 114 Å². The number of fused-ring (bicyclic) bond motifs is 2. The van der Waals surface area contributed by atoms with Crippen molar-refractivity contribution in [1.29, 1.82) is 0 Å². The fourth-order valence-electron chi connectivity index (χ4n) is 9.81. The van der Waals surface area contributed by atoms with Gasteiger partial charge in [0.1, 0.15) is 65.4 Å². The number of hydrogen-bond acceptors (Lipinski definition) is 15. The monoisotopic (exact) mass is 1050 g/mol. The first-order valence-electron chi connectivity index (χ1n) is 25.1. The number of rotatable bonds is 13. The summed E-state index contributed by atoms with van der Waals surface area (Å²) in [4.78, 5) is 37.8. The molecule has 15 nitrogen and oxygen atoms in total. The average molecular weight is 1060 g/mol. The van der Waals surface area contributed by atoms with E-state index in [9.17, 15) is 14.3 Å². The summed E-state index contributed by atoms with van der Waals surface area (Å²) in [6.45, 7) is 9.55. The summed E-state index contributed by atoms with van der Waals surface area (Å²) in [5.41, 5.74) is 2.31. The smallest absolute Gasteiger partial charge is 0.345 e. The van der Waals surface area contributed by atoms with Gasteiger partial charge in [0.25, 0.3) is 0 Å². The number of aromatic nitrogens is 4. The molecule has 9 rings (SSSR count). The number of likely N-dealkylation sites (N-methyl/N-ethyl adjacent to an activating group) is 1. The standard InChI is InChI=1S/C55H61ClF2N6O9S/c1-5-43-34(3)49(56)44(6-2)72-41(27-64-21-19-63(4)20-22-64)31-70-40-11-12-45(71-28-39-15-18-59-51(62-39)36-13-16-55(58,17-14-36)32-68-30-42-29-67-23-24-69-42)37(25-40)26-46(54(65)66)73-52-48-47(43)50(74-53(48)61-33-60-52)35-7-9-38(57)10-8-35/h2,7-12,15,18,25,33,36,41-42,46H,5,13-14,16-17,19-24,26-32H2,1,3-4H3,(H,65,66)/b43-34+,49-44-/t36-,41-,42-,46-,55-/m1/s1. The third-order valence-corrected chi connectivity index (χ3v) is 15.6. The van der Waals surface area contributed by atoms with Crippen LogP contribution in [0.15, 0.2) is 77.4 Å². The highest BCUT2D eigenvalue weighted by molar-refractivity contribution is 7.22. The minimum absolute atomic E-state index is 0.00810. The highest BCUT2D eigenvalue weighted by atomic mass is 35.5. The Morgan fingerprint density at radius 1 is 1.03 bits per heavy atom. The van der Waals surface area contributed by atoms with E-state index in [1.807, 2.05) is 13.8 Å². The van der Waals surface area contributed by atoms with Gasteiger partial charge in [-0.05, 0) is 105 Å². The quantitative estimate of drug-likeness (QED) is 0.111. The van der Waals surface area contributed by atoms with E-state index in [2.05, 4.69) is 37.7 Å². The highest BCUT2D eigenvalue weighted by Crippen LogP contribution is 2.48. The van der Waals surface area contributed by atoms with Gasteiger partial charge in [-0.3, -0.25) is 4.90 Å². The van der Waals surface area contributed by atoms with Crippen LogP contribution in [0.25, 0.3) is 26.2 Å². The van der Waals surface area contributed by atoms with Gasteiger partial charge in [0, 0.05) is 67.3 Å². The van der Waals surface area contributed by atoms with Crippen molar-refractivity contribution in [2.75, 3.05) is 79.4 Å². The Balaban J connectivity index is 1.03. The lowest BCUT2D eigenvalue weighted by molar-refractivity contribution is -0.145. The van der Waals surface area contributed by atoms with Crippen molar-refractivity contribution in [3.05, 3.63) is 106 Å². The van der Waals surface area contributed by atoms with E-state index in [4.69, 9.17) is 56.2 Å². The van der Waals surface area contributed by atoms with Gasteiger partial charge in [0.05, 0.1) is 49.1 Å². The normalized spacial score (nSPS) is 25.5. The number of carboxylic acids is 1. The summed E-state index contributed by atoms with van der Waals surface area (Å²) >= 11 is 8.64. The van der Waals surface area contributed by atoms with Gasteiger partial charge < -0.3 is 43.2 Å². The maximum Gasteiger partial charge on any atom is 0.345 e. The van der Waals surface area contributed by atoms with E-state index in [1.165, 1.54) is 29.8 Å². The molecule has 3 aliphatic heterocycles. The summed E-state index contributed by atoms with van der Waals surface area (Å²) in [6.07, 6.45) is 8.97. The fourth-order valence-corrected chi connectivity index (χ4v) is 11.2. The molecule has 2 aromatic carbocycles. The number of piperazine rings is 1. The van der Waals surface area contributed by atoms with Gasteiger partial charge in [-0.15, -0.1) is 17.8 Å². The first kappa shape index (κ1) is 53.1. The molecule has 3 fully saturated rings. The van der Waals surface area contributed by atoms with Crippen LogP contribution in [0, 0.1) is 18.2 Å². The number of carboxylic acid groups (broad SMARTS) is 1. The zero-order valence-electron chi connectivity index (χ0n) is 41.8. The number of benzene rings is 2. The zero-order chi connectivity index (χ0) is 51.8. The molecule has 2 bridgehead atoms. The molecule has 1 N–H and O–H groups in total. The van der Waals surface area contributed by atoms with Gasteiger partial charge in [-0.2, -0.15) is 0 Å². The Kier molecular flexibility index (Phi) is 17.4. The fraction of sp³-hybridized carbons (Fsp3) is 0.473. The molecule has 3 atom stereocenters. The second-order valence-corrected chi connectivity index (χ2v) is 20.6. The molecule has 0 radical (unpaired) electrons. The number of alkyl halides is 1. The Hall–Kier alpha value is -5.78. The topological polar surface area (TPSA) is 160 Å². The number of nitrogens with zero attached hydrogens (tertiary/aromatic N) is 6. The SMILES string of the molecule is C#C/C1=C(Cl)\C(C)=C(/CC)c2c(-c3ccc(F)cc3)sc3ncnc(c23)O[C@@H](C(=O)O)Cc2cc(ccc2OCc2ccnc([C@H]3CC[C@@](F)(COC[C@H]4COCCO4)CC3)n2)OC[C@@H](CN2CCN(C)CC2)O1. The molecule has 4 aliphatic rings. The summed E-state index contributed by atoms with van der Waals surface area (Å²) in [5, 5.41) is 11.6. The predicted molar refractivity (Wildman–Crippen MR) is 277 cm³/mol. The van der Waals surface area contributed by atoms with Gasteiger partial charge in [0.15, 0.2) is 5.76 Å². The van der Waals surface area contributed by atoms with E-state index in [-0.39, 0.29) is 61.5 Å². The zero-order valence-corrected chi connectivity index (χ0v) is 43.4. The van der Waals surface area contributed by atoms with Crippen LogP contribution in [0.4, 0.5) is 8.78 Å². The summed E-state index contributed by atoms with van der Waals surface area (Å²) < 4.78 is 73.2. The lowest BCUT2D eigenvalue weighted by Crippen LogP contribution is -2.48. The van der Waals surface area contributed by atoms with Crippen molar-refractivity contribution in [2.24, 2.45) is 0 Å². The summed E-state index contributed by atoms with van der Waals surface area (Å²) in [5.74, 6) is 2.56. The van der Waals surface area contributed by atoms with Crippen molar-refractivity contribution >= 4 is 44.7 Å². The van der Waals surface area contributed by atoms with E-state index in [1.54, 1.807) is 42.6 Å². The van der Waals surface area contributed by atoms with Gasteiger partial charge in [-0.25, -0.2) is 33.5 Å². The second kappa shape index (κ2) is 24.3. The molecule has 74 heavy (non-hydrogen) atoms. The van der Waals surface area contributed by atoms with Crippen molar-refractivity contribution in [2.45, 2.75) is 88.9 Å². The second-order valence-electron chi connectivity index (χ2n) is 19.2. The van der Waals surface area contributed by atoms with Crippen LogP contribution in [0.5, 0.6) is 17.4 Å². The third kappa shape index (κ3) is 12.8. The number of halogens is 3. The third-order valence-electron chi connectivity index (χ3n) is 14.0. The lowest BCUT2D eigenvalue weighted by Gasteiger charge is -2.34. The Morgan fingerprint density at radius 3 is 2.55 bits per heavy atom. The summed E-state index contributed by atoms with van der Waals surface area (Å²) in [7, 11) is 2.09. The number of thiophene rings is 1. The molecule has 1 aliphatic carbocycles. The molecule has 1 saturated carbocycles. The molecule has 6 heterocycles. The number of hydrogen-bond donors (Lipinski definition) is 1. The van der Waals surface area contributed by atoms with Gasteiger partial charge in [-0.1, -0.05) is 30.7 Å². The van der Waals surface area contributed by atoms with Crippen LogP contribution in [-0.4, -0.2) is 144 Å². The molecule has 19 heteroatoms. The van der Waals surface area contributed by atoms with Crippen molar-refractivity contribution in [1.82, 2.24) is 29.7 Å². The van der Waals surface area contributed by atoms with Crippen molar-refractivity contribution in [3.63, 3.8) is 0 Å². The molecule has 2 saturated heterocycles. The molecular formula is C55H61ClF2N6O9S. The van der Waals surface area contributed by atoms with Gasteiger partial charge >= 0.3 is 5.97 Å². The minimum atomic E-state index is -1.48. The van der Waals surface area contributed by atoms with Crippen LogP contribution in [0.3, 0.4) is 0 Å². The number of carbonyl (C=O) groups is 1. The molecule has 5 aromatic rings. The van der Waals surface area contributed by atoms with E-state index < -0.39 is 29.7 Å². The van der Waals surface area contributed by atoms with E-state index >= 15 is 4.39 Å². The summed E-state index contributed by atoms with van der Waals surface area (Å²) in [6, 6.07) is 13.1. The Morgan fingerprint density at radius 2 is 1.82 bits per heavy atom. The largest absolute Gasteiger partial charge is 0.490 e. The van der Waals surface area contributed by atoms with Crippen molar-refractivity contribution < 1.29 is 51.8 Å². The molecule has 0 unspecified atom stereocenters. The molecule has 0 spiro atoms. The molecule has 392 valence electrons. The van der Waals surface area contributed by atoms with E-state index in [0.717, 1.165) is 36.6 Å². The maximum absolute atomic E-state index is 15.9. The van der Waals surface area contributed by atoms with Crippen LogP contribution < -0.4 is 14.2 Å². The van der Waals surface area contributed by atoms with Crippen molar-refractivity contribution in [3.8, 4) is 40.2 Å². The van der Waals surface area contributed by atoms with Crippen LogP contribution in [-0.2, 0) is 36.8 Å². The minimum Gasteiger partial charge on any atom is -0.490 e. The highest BCUT2D eigenvalue weighted by Gasteiger charge is 2.38. The average Bonchev–Trinajstić information content (AvgIpc) is 3.80. The number of terminal acetylenes is 1. The molecule has 3 aromatic heterocycles. The van der Waals surface area contributed by atoms with Crippen LogP contribution in [0.2, 0.25) is 0 Å². The first-order valence-corrected chi connectivity index (χ1v) is 26.3. The van der Waals surface area contributed by atoms with Crippen LogP contribution in [0.1, 0.15) is 74.5 Å². The van der Waals surface area contributed by atoms with Gasteiger partial charge in [0.2, 0.25) is 12.0 Å². The Labute approximate surface area is 438 Å². The Bertz CT molecular complexity index is 2880. The molecular weight excluding hydrogens is 994 g/mol. The maximum atomic E-state index is 15.9. The molecule has 0 amide bonds.